The van der Waals surface area contributed by atoms with Crippen molar-refractivity contribution in [3.63, 3.8) is 0 Å². The molecule has 3 heterocycles. The van der Waals surface area contributed by atoms with Crippen LogP contribution in [0.25, 0.3) is 9.75 Å². The summed E-state index contributed by atoms with van der Waals surface area (Å²) in [7, 11) is 0. The number of thiophene rings is 2. The minimum atomic E-state index is -0.609. The first-order valence-electron chi connectivity index (χ1n) is 9.74. The highest BCUT2D eigenvalue weighted by Gasteiger charge is 2.45. The van der Waals surface area contributed by atoms with Crippen molar-refractivity contribution in [2.45, 2.75) is 32.3 Å². The fourth-order valence-corrected chi connectivity index (χ4v) is 6.05. The van der Waals surface area contributed by atoms with Crippen LogP contribution in [0.5, 0.6) is 5.75 Å². The van der Waals surface area contributed by atoms with Gasteiger partial charge in [-0.25, -0.2) is 0 Å². The number of ether oxygens (including phenoxy) is 1. The zero-order chi connectivity index (χ0) is 19.1. The van der Waals surface area contributed by atoms with E-state index in [-0.39, 0.29) is 0 Å². The molecule has 0 radical (unpaired) electrons. The summed E-state index contributed by atoms with van der Waals surface area (Å²) in [4.78, 5) is 2.57. The van der Waals surface area contributed by atoms with Crippen LogP contribution in [-0.4, -0.2) is 0 Å². The fourth-order valence-electron chi connectivity index (χ4n) is 4.10. The predicted octanol–water partition coefficient (Wildman–Crippen LogP) is 7.42. The van der Waals surface area contributed by atoms with Gasteiger partial charge < -0.3 is 4.74 Å². The molecule has 4 aromatic rings. The standard InChI is InChI=1S/C25H22OS2/c1-3-4-18-7-11-20(12-8-18)25(19-9-5-17(2)6-10-19)21-13-15-27-23(21)24-22(26-25)14-16-28-24/h5-16H,3-4H2,1-2H3. The Hall–Kier alpha value is -2.36. The quantitative estimate of drug-likeness (QED) is 0.345. The van der Waals surface area contributed by atoms with E-state index in [2.05, 4.69) is 85.3 Å². The van der Waals surface area contributed by atoms with E-state index in [0.29, 0.717) is 0 Å². The highest BCUT2D eigenvalue weighted by atomic mass is 32.1. The molecule has 0 aliphatic carbocycles. The molecule has 0 N–H and O–H groups in total. The topological polar surface area (TPSA) is 9.23 Å². The third-order valence-corrected chi connectivity index (χ3v) is 7.47. The average molecular weight is 403 g/mol. The van der Waals surface area contributed by atoms with E-state index < -0.39 is 5.60 Å². The van der Waals surface area contributed by atoms with Crippen molar-refractivity contribution in [3.8, 4) is 15.5 Å². The van der Waals surface area contributed by atoms with Crippen molar-refractivity contribution < 1.29 is 4.74 Å². The number of aryl methyl sites for hydroxylation is 2. The molecule has 5 rings (SSSR count). The van der Waals surface area contributed by atoms with Crippen molar-refractivity contribution in [2.24, 2.45) is 0 Å². The second-order valence-corrected chi connectivity index (χ2v) is 9.21. The summed E-state index contributed by atoms with van der Waals surface area (Å²) in [5.41, 5.74) is 5.64. The van der Waals surface area contributed by atoms with E-state index in [1.54, 1.807) is 11.3 Å². The van der Waals surface area contributed by atoms with E-state index >= 15 is 0 Å². The molecule has 3 heteroatoms. The highest BCUT2D eigenvalue weighted by molar-refractivity contribution is 7.20. The molecule has 28 heavy (non-hydrogen) atoms. The lowest BCUT2D eigenvalue weighted by Gasteiger charge is -2.39. The summed E-state index contributed by atoms with van der Waals surface area (Å²) in [6.45, 7) is 4.35. The minimum Gasteiger partial charge on any atom is -0.471 e. The minimum absolute atomic E-state index is 0.609. The number of benzene rings is 2. The van der Waals surface area contributed by atoms with Crippen molar-refractivity contribution in [1.82, 2.24) is 0 Å². The maximum absolute atomic E-state index is 6.87. The van der Waals surface area contributed by atoms with Crippen LogP contribution in [0.1, 0.15) is 41.2 Å². The molecular formula is C25H22OS2. The van der Waals surface area contributed by atoms with Crippen molar-refractivity contribution >= 4 is 22.7 Å². The summed E-state index contributed by atoms with van der Waals surface area (Å²) < 4.78 is 6.87. The first-order chi connectivity index (χ1) is 13.7. The molecule has 2 aromatic carbocycles. The molecule has 0 saturated heterocycles. The Labute approximate surface area is 174 Å². The molecule has 0 amide bonds. The third kappa shape index (κ3) is 2.65. The summed E-state index contributed by atoms with van der Waals surface area (Å²) in [6.07, 6.45) is 2.27. The van der Waals surface area contributed by atoms with Gasteiger partial charge in [-0.2, -0.15) is 0 Å². The largest absolute Gasteiger partial charge is 0.471 e. The van der Waals surface area contributed by atoms with Gasteiger partial charge in [0.15, 0.2) is 5.60 Å². The van der Waals surface area contributed by atoms with Crippen LogP contribution in [0.15, 0.2) is 71.4 Å². The van der Waals surface area contributed by atoms with Crippen molar-refractivity contribution in [2.75, 3.05) is 0 Å². The van der Waals surface area contributed by atoms with Gasteiger partial charge in [0.25, 0.3) is 0 Å². The first-order valence-corrected chi connectivity index (χ1v) is 11.5. The lowest BCUT2D eigenvalue weighted by Crippen LogP contribution is -2.37. The van der Waals surface area contributed by atoms with E-state index in [1.165, 1.54) is 37.6 Å². The van der Waals surface area contributed by atoms with E-state index in [1.807, 2.05) is 11.3 Å². The normalized spacial score (nSPS) is 17.6. The first kappa shape index (κ1) is 17.7. The van der Waals surface area contributed by atoms with Crippen LogP contribution in [0, 0.1) is 6.92 Å². The molecule has 1 atom stereocenters. The summed E-state index contributed by atoms with van der Waals surface area (Å²) >= 11 is 3.57. The van der Waals surface area contributed by atoms with Gasteiger partial charge in [0, 0.05) is 16.7 Å². The molecule has 2 aromatic heterocycles. The fraction of sp³-hybridized carbons (Fsp3) is 0.200. The van der Waals surface area contributed by atoms with Gasteiger partial charge in [0.05, 0.1) is 9.75 Å². The SMILES string of the molecule is CCCc1ccc(C2(c3ccc(C)cc3)Oc3ccsc3-c3sccc32)cc1. The molecule has 1 nitrogen and oxygen atoms in total. The Morgan fingerprint density at radius 3 is 2.14 bits per heavy atom. The molecular weight excluding hydrogens is 380 g/mol. The average Bonchev–Trinajstić information content (AvgIpc) is 3.38. The van der Waals surface area contributed by atoms with Crippen LogP contribution < -0.4 is 4.74 Å². The lowest BCUT2D eigenvalue weighted by atomic mass is 9.78. The van der Waals surface area contributed by atoms with Crippen molar-refractivity contribution in [1.29, 1.82) is 0 Å². The zero-order valence-electron chi connectivity index (χ0n) is 16.1. The second kappa shape index (κ2) is 6.91. The predicted molar refractivity (Wildman–Crippen MR) is 120 cm³/mol. The Kier molecular flexibility index (Phi) is 4.37. The third-order valence-electron chi connectivity index (χ3n) is 5.50. The van der Waals surface area contributed by atoms with Gasteiger partial charge in [-0.3, -0.25) is 0 Å². The molecule has 1 aliphatic heterocycles. The van der Waals surface area contributed by atoms with E-state index in [0.717, 1.165) is 18.6 Å². The van der Waals surface area contributed by atoms with E-state index in [9.17, 15) is 0 Å². The van der Waals surface area contributed by atoms with Gasteiger partial charge in [-0.1, -0.05) is 67.4 Å². The highest BCUT2D eigenvalue weighted by Crippen LogP contribution is 2.55. The molecule has 1 aliphatic rings. The van der Waals surface area contributed by atoms with Gasteiger partial charge in [0.1, 0.15) is 5.75 Å². The number of hydrogen-bond acceptors (Lipinski definition) is 3. The molecule has 0 fully saturated rings. The van der Waals surface area contributed by atoms with E-state index in [4.69, 9.17) is 4.74 Å². The Morgan fingerprint density at radius 1 is 0.786 bits per heavy atom. The second-order valence-electron chi connectivity index (χ2n) is 7.37. The van der Waals surface area contributed by atoms with Gasteiger partial charge in [0.2, 0.25) is 0 Å². The van der Waals surface area contributed by atoms with Crippen molar-refractivity contribution in [3.05, 3.63) is 99.2 Å². The molecule has 0 bridgehead atoms. The van der Waals surface area contributed by atoms with Gasteiger partial charge in [-0.15, -0.1) is 22.7 Å². The Morgan fingerprint density at radius 2 is 1.43 bits per heavy atom. The summed E-state index contributed by atoms with van der Waals surface area (Å²) in [6, 6.07) is 22.2. The van der Waals surface area contributed by atoms with Gasteiger partial charge >= 0.3 is 0 Å². The number of hydrogen-bond donors (Lipinski definition) is 0. The number of rotatable bonds is 4. The monoisotopic (exact) mass is 402 g/mol. The Bertz CT molecular complexity index is 1100. The smallest absolute Gasteiger partial charge is 0.186 e. The van der Waals surface area contributed by atoms with Crippen LogP contribution >= 0.6 is 22.7 Å². The van der Waals surface area contributed by atoms with Gasteiger partial charge in [-0.05, 0) is 41.8 Å². The van der Waals surface area contributed by atoms with Crippen LogP contribution in [-0.2, 0) is 12.0 Å². The molecule has 1 unspecified atom stereocenters. The summed E-state index contributed by atoms with van der Waals surface area (Å²) in [5, 5.41) is 4.32. The maximum Gasteiger partial charge on any atom is 0.186 e. The molecule has 140 valence electrons. The van der Waals surface area contributed by atoms with Crippen LogP contribution in [0.2, 0.25) is 0 Å². The van der Waals surface area contributed by atoms with Crippen LogP contribution in [0.3, 0.4) is 0 Å². The summed E-state index contributed by atoms with van der Waals surface area (Å²) in [5.74, 6) is 0.984. The molecule has 0 spiro atoms. The van der Waals surface area contributed by atoms with Crippen LogP contribution in [0.4, 0.5) is 0 Å². The zero-order valence-corrected chi connectivity index (χ0v) is 17.7. The lowest BCUT2D eigenvalue weighted by molar-refractivity contribution is 0.153. The maximum atomic E-state index is 6.87. The molecule has 0 saturated carbocycles. The Balaban J connectivity index is 1.77. The number of fused-ring (bicyclic) bond motifs is 3.